The first-order chi connectivity index (χ1) is 5.74. The quantitative estimate of drug-likeness (QED) is 0.703. The highest BCUT2D eigenvalue weighted by Gasteiger charge is 2.25. The first-order valence-electron chi connectivity index (χ1n) is 4.91. The van der Waals surface area contributed by atoms with Crippen molar-refractivity contribution in [3.63, 3.8) is 0 Å². The summed E-state index contributed by atoms with van der Waals surface area (Å²) in [4.78, 5) is 0. The summed E-state index contributed by atoms with van der Waals surface area (Å²) in [5, 5.41) is 9.49. The average Bonchev–Trinajstić information content (AvgIpc) is 2.07. The lowest BCUT2D eigenvalue weighted by Crippen LogP contribution is -2.27. The molecule has 1 N–H and O–H groups in total. The third-order valence-electron chi connectivity index (χ3n) is 2.96. The molecule has 1 saturated carbocycles. The van der Waals surface area contributed by atoms with Gasteiger partial charge in [-0.25, -0.2) is 0 Å². The van der Waals surface area contributed by atoms with Crippen LogP contribution in [0.3, 0.4) is 0 Å². The van der Waals surface area contributed by atoms with Crippen molar-refractivity contribution >= 4 is 0 Å². The maximum Gasteiger partial charge on any atom is 0.0566 e. The predicted octanol–water partition coefficient (Wildman–Crippen LogP) is 1.82. The van der Waals surface area contributed by atoms with Gasteiger partial charge in [-0.15, -0.1) is 0 Å². The first-order valence-corrected chi connectivity index (χ1v) is 4.91. The van der Waals surface area contributed by atoms with Crippen LogP contribution in [0.25, 0.3) is 0 Å². The molecule has 0 aliphatic heterocycles. The van der Waals surface area contributed by atoms with Crippen LogP contribution in [0.5, 0.6) is 0 Å². The Morgan fingerprint density at radius 3 is 2.75 bits per heavy atom. The van der Waals surface area contributed by atoms with Crippen LogP contribution in [0.1, 0.15) is 32.6 Å². The van der Waals surface area contributed by atoms with Crippen molar-refractivity contribution in [3.8, 4) is 0 Å². The molecule has 1 rings (SSSR count). The van der Waals surface area contributed by atoms with Crippen molar-refractivity contribution in [2.75, 3.05) is 13.7 Å². The summed E-state index contributed by atoms with van der Waals surface area (Å²) in [6.45, 7) is 3.01. The minimum atomic E-state index is -0.0520. The second-order valence-electron chi connectivity index (χ2n) is 4.01. The van der Waals surface area contributed by atoms with E-state index in [0.29, 0.717) is 5.92 Å². The van der Waals surface area contributed by atoms with Crippen molar-refractivity contribution in [1.29, 1.82) is 0 Å². The van der Waals surface area contributed by atoms with Crippen LogP contribution in [0, 0.1) is 11.8 Å². The van der Waals surface area contributed by atoms with E-state index in [0.717, 1.165) is 25.4 Å². The Morgan fingerprint density at radius 2 is 2.17 bits per heavy atom. The van der Waals surface area contributed by atoms with E-state index in [1.807, 2.05) is 0 Å². The molecule has 0 heterocycles. The summed E-state index contributed by atoms with van der Waals surface area (Å²) in [6.07, 6.45) is 4.44. The summed E-state index contributed by atoms with van der Waals surface area (Å²) >= 11 is 0. The van der Waals surface area contributed by atoms with Gasteiger partial charge in [0.1, 0.15) is 0 Å². The Morgan fingerprint density at radius 1 is 1.42 bits per heavy atom. The number of hydrogen-bond donors (Lipinski definition) is 1. The van der Waals surface area contributed by atoms with Gasteiger partial charge in [0.15, 0.2) is 0 Å². The normalized spacial score (nSPS) is 36.8. The molecule has 1 fully saturated rings. The van der Waals surface area contributed by atoms with Gasteiger partial charge >= 0.3 is 0 Å². The largest absolute Gasteiger partial charge is 0.393 e. The highest BCUT2D eigenvalue weighted by molar-refractivity contribution is 4.76. The Kier molecular flexibility index (Phi) is 4.02. The van der Waals surface area contributed by atoms with Crippen molar-refractivity contribution < 1.29 is 9.84 Å². The van der Waals surface area contributed by atoms with Crippen LogP contribution in [0.15, 0.2) is 0 Å². The topological polar surface area (TPSA) is 29.5 Å². The van der Waals surface area contributed by atoms with Gasteiger partial charge in [0.25, 0.3) is 0 Å². The number of aliphatic hydroxyl groups excluding tert-OH is 1. The fraction of sp³-hybridized carbons (Fsp3) is 1.00. The lowest BCUT2D eigenvalue weighted by Gasteiger charge is -2.30. The summed E-state index contributed by atoms with van der Waals surface area (Å²) in [5.74, 6) is 1.27. The Balaban J connectivity index is 2.21. The second kappa shape index (κ2) is 4.83. The fourth-order valence-corrected chi connectivity index (χ4v) is 2.04. The smallest absolute Gasteiger partial charge is 0.0566 e. The molecule has 2 nitrogen and oxygen atoms in total. The van der Waals surface area contributed by atoms with Crippen LogP contribution in [0.4, 0.5) is 0 Å². The summed E-state index contributed by atoms with van der Waals surface area (Å²) in [5.41, 5.74) is 0. The number of methoxy groups -OCH3 is 1. The van der Waals surface area contributed by atoms with Crippen LogP contribution in [-0.2, 0) is 4.74 Å². The molecular weight excluding hydrogens is 152 g/mol. The summed E-state index contributed by atoms with van der Waals surface area (Å²) < 4.78 is 5.04. The van der Waals surface area contributed by atoms with E-state index in [4.69, 9.17) is 4.74 Å². The van der Waals surface area contributed by atoms with E-state index < -0.39 is 0 Å². The molecule has 0 spiro atoms. The van der Waals surface area contributed by atoms with Crippen LogP contribution in [0.2, 0.25) is 0 Å². The molecule has 0 aromatic rings. The number of ether oxygens (including phenoxy) is 1. The summed E-state index contributed by atoms with van der Waals surface area (Å²) in [7, 11) is 1.75. The van der Waals surface area contributed by atoms with Gasteiger partial charge in [0.2, 0.25) is 0 Å². The molecule has 3 atom stereocenters. The monoisotopic (exact) mass is 172 g/mol. The third-order valence-corrected chi connectivity index (χ3v) is 2.96. The van der Waals surface area contributed by atoms with E-state index in [1.54, 1.807) is 7.11 Å². The molecular formula is C10H20O2. The third kappa shape index (κ3) is 2.76. The molecule has 2 heteroatoms. The average molecular weight is 172 g/mol. The zero-order valence-electron chi connectivity index (χ0n) is 8.12. The van der Waals surface area contributed by atoms with E-state index in [9.17, 15) is 5.11 Å². The van der Waals surface area contributed by atoms with Crippen LogP contribution < -0.4 is 0 Å². The second-order valence-corrected chi connectivity index (χ2v) is 4.01. The molecule has 72 valence electrons. The van der Waals surface area contributed by atoms with Gasteiger partial charge in [-0.2, -0.15) is 0 Å². The van der Waals surface area contributed by atoms with Gasteiger partial charge in [-0.1, -0.05) is 6.92 Å². The van der Waals surface area contributed by atoms with Gasteiger partial charge < -0.3 is 9.84 Å². The lowest BCUT2D eigenvalue weighted by atomic mass is 9.79. The maximum absolute atomic E-state index is 9.49. The predicted molar refractivity (Wildman–Crippen MR) is 49.0 cm³/mol. The molecule has 0 radical (unpaired) electrons. The number of aliphatic hydroxyl groups is 1. The van der Waals surface area contributed by atoms with Crippen LogP contribution in [-0.4, -0.2) is 24.9 Å². The molecule has 0 saturated heterocycles. The Labute approximate surface area is 74.9 Å². The molecule has 0 aromatic heterocycles. The van der Waals surface area contributed by atoms with Crippen molar-refractivity contribution in [2.45, 2.75) is 38.7 Å². The fourth-order valence-electron chi connectivity index (χ4n) is 2.04. The Bertz CT molecular complexity index is 123. The minimum absolute atomic E-state index is 0.0520. The molecule has 3 unspecified atom stereocenters. The highest BCUT2D eigenvalue weighted by Crippen LogP contribution is 2.30. The van der Waals surface area contributed by atoms with E-state index in [-0.39, 0.29) is 6.10 Å². The lowest BCUT2D eigenvalue weighted by molar-refractivity contribution is 0.0481. The molecule has 0 aromatic carbocycles. The molecule has 0 bridgehead atoms. The molecule has 1 aliphatic rings. The van der Waals surface area contributed by atoms with Crippen molar-refractivity contribution in [3.05, 3.63) is 0 Å². The van der Waals surface area contributed by atoms with E-state index in [2.05, 4.69) is 6.92 Å². The molecule has 0 amide bonds. The zero-order valence-corrected chi connectivity index (χ0v) is 8.12. The van der Waals surface area contributed by atoms with Crippen molar-refractivity contribution in [2.24, 2.45) is 11.8 Å². The standard InChI is InChI=1S/C10H20O2/c1-8-7-9(5-6-12-2)3-4-10(8)11/h8-11H,3-7H2,1-2H3. The van der Waals surface area contributed by atoms with E-state index >= 15 is 0 Å². The maximum atomic E-state index is 9.49. The first kappa shape index (κ1) is 10.0. The van der Waals surface area contributed by atoms with Gasteiger partial charge in [-0.05, 0) is 37.5 Å². The SMILES string of the molecule is COCCC1CCC(O)C(C)C1. The van der Waals surface area contributed by atoms with Gasteiger partial charge in [0, 0.05) is 13.7 Å². The van der Waals surface area contributed by atoms with E-state index in [1.165, 1.54) is 12.8 Å². The van der Waals surface area contributed by atoms with Gasteiger partial charge in [-0.3, -0.25) is 0 Å². The highest BCUT2D eigenvalue weighted by atomic mass is 16.5. The number of hydrogen-bond acceptors (Lipinski definition) is 2. The van der Waals surface area contributed by atoms with Crippen LogP contribution >= 0.6 is 0 Å². The molecule has 1 aliphatic carbocycles. The minimum Gasteiger partial charge on any atom is -0.393 e. The number of rotatable bonds is 3. The summed E-state index contributed by atoms with van der Waals surface area (Å²) in [6, 6.07) is 0. The van der Waals surface area contributed by atoms with Crippen molar-refractivity contribution in [1.82, 2.24) is 0 Å². The van der Waals surface area contributed by atoms with Gasteiger partial charge in [0.05, 0.1) is 6.10 Å². The molecule has 12 heavy (non-hydrogen) atoms. The zero-order chi connectivity index (χ0) is 8.97. The Hall–Kier alpha value is -0.0800.